The fourth-order valence-electron chi connectivity index (χ4n) is 3.44. The van der Waals surface area contributed by atoms with Crippen LogP contribution in [0.1, 0.15) is 6.42 Å². The Bertz CT molecular complexity index is 387. The van der Waals surface area contributed by atoms with Crippen molar-refractivity contribution in [2.45, 2.75) is 71.1 Å². The van der Waals surface area contributed by atoms with E-state index in [1.165, 1.54) is 6.42 Å². The van der Waals surface area contributed by atoms with Crippen molar-refractivity contribution in [1.82, 2.24) is 0 Å². The van der Waals surface area contributed by atoms with Crippen LogP contribution in [0.5, 0.6) is 0 Å². The van der Waals surface area contributed by atoms with E-state index >= 15 is 0 Å². The van der Waals surface area contributed by atoms with E-state index in [-0.39, 0.29) is 0 Å². The standard InChI is InChI=1S/C8H13Si.2C4H11Si.Y/c1-9(2,3)8-6-4-5-7-8;2*1-5(2,3)4;/h4,6H,5H2,1-3H3;2*1H2,2-4H3;. The molecular formula is C16H35Si3Y. The zero-order valence-electron chi connectivity index (χ0n) is 15.4. The van der Waals surface area contributed by atoms with Gasteiger partial charge in [0.15, 0.2) is 0 Å². The van der Waals surface area contributed by atoms with E-state index in [1.54, 1.807) is 5.71 Å². The maximum atomic E-state index is 2.60. The van der Waals surface area contributed by atoms with Crippen LogP contribution in [0, 0.1) is 0 Å². The maximum absolute atomic E-state index is 2.60. The van der Waals surface area contributed by atoms with Crippen LogP contribution in [0.3, 0.4) is 0 Å². The van der Waals surface area contributed by atoms with Crippen LogP contribution in [0.25, 0.3) is 0 Å². The number of allylic oxidation sites excluding steroid dienone is 4. The second-order valence-corrected chi connectivity index (χ2v) is 37.3. The van der Waals surface area contributed by atoms with Crippen LogP contribution in [0.4, 0.5) is 0 Å². The molecule has 4 heteroatoms. The van der Waals surface area contributed by atoms with Gasteiger partial charge in [-0.05, 0) is 0 Å². The molecule has 0 radical (unpaired) electrons. The van der Waals surface area contributed by atoms with Gasteiger partial charge in [0.25, 0.3) is 0 Å². The van der Waals surface area contributed by atoms with Crippen LogP contribution < -0.4 is 0 Å². The third-order valence-electron chi connectivity index (χ3n) is 3.99. The molecule has 0 aromatic carbocycles. The molecule has 0 bridgehead atoms. The van der Waals surface area contributed by atoms with Gasteiger partial charge in [0.2, 0.25) is 0 Å². The average molecular weight is 401 g/mol. The Kier molecular flexibility index (Phi) is 6.53. The van der Waals surface area contributed by atoms with Crippen LogP contribution in [0.15, 0.2) is 19.7 Å². The van der Waals surface area contributed by atoms with Gasteiger partial charge in [0.1, 0.15) is 0 Å². The second kappa shape index (κ2) is 6.78. The summed E-state index contributed by atoms with van der Waals surface area (Å²) in [4.78, 5) is 0. The zero-order valence-corrected chi connectivity index (χ0v) is 21.2. The molecule has 0 aliphatic heterocycles. The van der Waals surface area contributed by atoms with Gasteiger partial charge in [-0.3, -0.25) is 0 Å². The molecule has 1 aliphatic rings. The number of hydrogen-bond acceptors (Lipinski definition) is 0. The molecule has 0 unspecified atom stereocenters. The van der Waals surface area contributed by atoms with E-state index in [4.69, 9.17) is 0 Å². The first-order valence-corrected chi connectivity index (χ1v) is 24.5. The van der Waals surface area contributed by atoms with Crippen molar-refractivity contribution in [2.75, 3.05) is 0 Å². The molecule has 0 N–H and O–H groups in total. The Morgan fingerprint density at radius 2 is 1.30 bits per heavy atom. The molecule has 0 fully saturated rings. The van der Waals surface area contributed by atoms with Gasteiger partial charge in [-0.2, -0.15) is 0 Å². The fourth-order valence-corrected chi connectivity index (χ4v) is 44.6. The van der Waals surface area contributed by atoms with Crippen LogP contribution in [-0.2, 0) is 27.4 Å². The normalized spacial score (nSPS) is 17.1. The van der Waals surface area contributed by atoms with Crippen molar-refractivity contribution in [2.24, 2.45) is 0 Å². The van der Waals surface area contributed by atoms with Gasteiger partial charge in [0, 0.05) is 0 Å². The summed E-state index contributed by atoms with van der Waals surface area (Å²) < 4.78 is 5.45. The molecule has 0 aromatic rings. The second-order valence-electron chi connectivity index (χ2n) is 10.0. The molecule has 0 amide bonds. The minimum atomic E-state index is -1.54. The molecule has 0 heterocycles. The first-order chi connectivity index (χ1) is 8.80. The first kappa shape index (κ1) is 19.3. The van der Waals surface area contributed by atoms with Crippen molar-refractivity contribution in [3.05, 3.63) is 19.7 Å². The molecule has 1 aliphatic carbocycles. The Labute approximate surface area is 141 Å². The SMILES string of the molecule is C[Si](C)(C)[CH2][Y]([CH2][Si](C)(C)C)[C]1=C([Si](C)(C)C)C=CC1. The van der Waals surface area contributed by atoms with E-state index < -0.39 is 51.7 Å². The van der Waals surface area contributed by atoms with Crippen molar-refractivity contribution < 1.29 is 27.4 Å². The Balaban J connectivity index is 3.11. The van der Waals surface area contributed by atoms with Crippen LogP contribution in [0.2, 0.25) is 64.6 Å². The van der Waals surface area contributed by atoms with E-state index in [9.17, 15) is 0 Å². The van der Waals surface area contributed by atoms with E-state index in [1.807, 2.05) is 5.20 Å². The van der Waals surface area contributed by atoms with Crippen molar-refractivity contribution >= 4 is 24.2 Å². The summed E-state index contributed by atoms with van der Waals surface area (Å²) in [5.41, 5.74) is 0. The molecule has 0 saturated carbocycles. The number of rotatable bonds is 6. The Hall–Kier alpha value is 1.23. The summed E-state index contributed by atoms with van der Waals surface area (Å²) in [6.07, 6.45) is 6.36. The van der Waals surface area contributed by atoms with E-state index in [0.717, 1.165) is 0 Å². The average Bonchev–Trinajstić information content (AvgIpc) is 2.58. The first-order valence-electron chi connectivity index (χ1n) is 8.20. The molecular weight excluding hydrogens is 365 g/mol. The topological polar surface area (TPSA) is 0 Å². The Morgan fingerprint density at radius 3 is 1.65 bits per heavy atom. The summed E-state index contributed by atoms with van der Waals surface area (Å²) in [5.74, 6) is 0. The molecule has 0 atom stereocenters. The summed E-state index contributed by atoms with van der Waals surface area (Å²) >= 11 is -1.54. The van der Waals surface area contributed by atoms with E-state index in [2.05, 4.69) is 73.5 Å². The molecule has 0 nitrogen and oxygen atoms in total. The Morgan fingerprint density at radius 1 is 0.850 bits per heavy atom. The summed E-state index contributed by atoms with van der Waals surface area (Å²) in [5, 5.41) is 1.87. The number of hydrogen-bond donors (Lipinski definition) is 0. The monoisotopic (exact) mass is 400 g/mol. The molecule has 0 saturated heterocycles. The minimum absolute atomic E-state index is 0.907. The van der Waals surface area contributed by atoms with Gasteiger partial charge in [0.05, 0.1) is 0 Å². The molecule has 0 spiro atoms. The predicted octanol–water partition coefficient (Wildman–Crippen LogP) is 6.29. The summed E-state index contributed by atoms with van der Waals surface area (Å²) in [6, 6.07) is 0. The molecule has 20 heavy (non-hydrogen) atoms. The molecule has 114 valence electrons. The third-order valence-corrected chi connectivity index (χ3v) is 39.3. The van der Waals surface area contributed by atoms with Crippen LogP contribution >= 0.6 is 0 Å². The van der Waals surface area contributed by atoms with Crippen molar-refractivity contribution in [3.63, 3.8) is 0 Å². The van der Waals surface area contributed by atoms with E-state index in [0.29, 0.717) is 0 Å². The fraction of sp³-hybridized carbons (Fsp3) is 0.750. The summed E-state index contributed by atoms with van der Waals surface area (Å²) in [7, 11) is -2.94. The molecule has 1 rings (SSSR count). The quantitative estimate of drug-likeness (QED) is 0.460. The predicted molar refractivity (Wildman–Crippen MR) is 100 cm³/mol. The van der Waals surface area contributed by atoms with Crippen molar-refractivity contribution in [3.8, 4) is 0 Å². The summed E-state index contributed by atoms with van der Waals surface area (Å²) in [6.45, 7) is 23.2. The van der Waals surface area contributed by atoms with Gasteiger partial charge >= 0.3 is 142 Å². The third kappa shape index (κ3) is 6.56. The van der Waals surface area contributed by atoms with Gasteiger partial charge < -0.3 is 0 Å². The van der Waals surface area contributed by atoms with Gasteiger partial charge in [-0.15, -0.1) is 0 Å². The van der Waals surface area contributed by atoms with Gasteiger partial charge in [-0.25, -0.2) is 0 Å². The van der Waals surface area contributed by atoms with Crippen molar-refractivity contribution in [1.29, 1.82) is 0 Å². The molecule has 0 aromatic heterocycles. The van der Waals surface area contributed by atoms with Crippen LogP contribution in [-0.4, -0.2) is 24.2 Å². The zero-order chi connectivity index (χ0) is 15.8. The van der Waals surface area contributed by atoms with Gasteiger partial charge in [-0.1, -0.05) is 0 Å².